The van der Waals surface area contributed by atoms with Gasteiger partial charge in [-0.3, -0.25) is 0 Å². The molecule has 0 heterocycles. The minimum absolute atomic E-state index is 0.114. The lowest BCUT2D eigenvalue weighted by Gasteiger charge is -2.60. The van der Waals surface area contributed by atoms with E-state index < -0.39 is 0 Å². The van der Waals surface area contributed by atoms with Crippen molar-refractivity contribution in [3.8, 4) is 0 Å². The maximum absolute atomic E-state index is 10.9. The summed E-state index contributed by atoms with van der Waals surface area (Å²) in [6.45, 7) is 4.66. The van der Waals surface area contributed by atoms with Crippen molar-refractivity contribution in [2.45, 2.75) is 57.8 Å². The summed E-state index contributed by atoms with van der Waals surface area (Å²) < 4.78 is 0. The quantitative estimate of drug-likeness (QED) is 0.601. The average Bonchev–Trinajstić information content (AvgIpc) is 2.77. The second kappa shape index (κ2) is 4.68. The van der Waals surface area contributed by atoms with E-state index in [2.05, 4.69) is 32.1 Å². The van der Waals surface area contributed by atoms with Gasteiger partial charge in [0.1, 0.15) is 0 Å². The first kappa shape index (κ1) is 14.9. The summed E-state index contributed by atoms with van der Waals surface area (Å²) in [5.74, 6) is 1.60. The summed E-state index contributed by atoms with van der Waals surface area (Å²) in [6.07, 6.45) is 12.0. The molecule has 0 aromatic heterocycles. The fourth-order valence-electron chi connectivity index (χ4n) is 6.25. The Morgan fingerprint density at radius 3 is 2.64 bits per heavy atom. The van der Waals surface area contributed by atoms with Gasteiger partial charge in [-0.25, -0.2) is 0 Å². The number of aliphatic hydroxyl groups is 2. The molecule has 9 atom stereocenters. The third-order valence-corrected chi connectivity index (χ3v) is 7.77. The average molecular weight is 303 g/mol. The van der Waals surface area contributed by atoms with E-state index in [-0.39, 0.29) is 29.1 Å². The lowest BCUT2D eigenvalue weighted by molar-refractivity contribution is -0.132. The van der Waals surface area contributed by atoms with Crippen LogP contribution in [0.3, 0.4) is 0 Å². The first-order valence-corrected chi connectivity index (χ1v) is 8.85. The Labute approximate surface area is 133 Å². The van der Waals surface area contributed by atoms with E-state index in [0.717, 1.165) is 25.7 Å². The normalized spacial score (nSPS) is 59.8. The van der Waals surface area contributed by atoms with Gasteiger partial charge in [0.15, 0.2) is 0 Å². The van der Waals surface area contributed by atoms with Crippen LogP contribution in [-0.2, 0) is 0 Å². The lowest BCUT2D eigenvalue weighted by atomic mass is 9.45. The number of nitrogens with two attached hydrogens (primary N) is 1. The van der Waals surface area contributed by atoms with Crippen molar-refractivity contribution in [2.75, 3.05) is 0 Å². The van der Waals surface area contributed by atoms with Crippen LogP contribution >= 0.6 is 0 Å². The van der Waals surface area contributed by atoms with Crippen LogP contribution in [0.25, 0.3) is 0 Å². The third-order valence-electron chi connectivity index (χ3n) is 7.77. The zero-order chi connectivity index (χ0) is 15.7. The van der Waals surface area contributed by atoms with Gasteiger partial charge in [0.2, 0.25) is 0 Å². The predicted molar refractivity (Wildman–Crippen MR) is 86.9 cm³/mol. The second-order valence-electron chi connectivity index (χ2n) is 8.69. The van der Waals surface area contributed by atoms with Gasteiger partial charge in [-0.1, -0.05) is 38.2 Å². The van der Waals surface area contributed by atoms with Gasteiger partial charge in [-0.2, -0.15) is 0 Å². The molecular weight excluding hydrogens is 274 g/mol. The van der Waals surface area contributed by atoms with Gasteiger partial charge in [-0.05, 0) is 60.2 Å². The number of rotatable bonds is 0. The molecule has 0 radical (unpaired) electrons. The van der Waals surface area contributed by atoms with Gasteiger partial charge < -0.3 is 15.9 Å². The zero-order valence-corrected chi connectivity index (χ0v) is 13.7. The molecule has 122 valence electrons. The predicted octanol–water partition coefficient (Wildman–Crippen LogP) is 2.24. The van der Waals surface area contributed by atoms with Gasteiger partial charge in [0.25, 0.3) is 0 Å². The third kappa shape index (κ3) is 1.79. The maximum atomic E-state index is 10.9. The Morgan fingerprint density at radius 2 is 1.86 bits per heavy atom. The molecule has 0 aliphatic heterocycles. The minimum Gasteiger partial charge on any atom is -0.393 e. The van der Waals surface area contributed by atoms with E-state index in [4.69, 9.17) is 5.73 Å². The summed E-state index contributed by atoms with van der Waals surface area (Å²) in [5, 5.41) is 20.9. The Morgan fingerprint density at radius 1 is 1.09 bits per heavy atom. The topological polar surface area (TPSA) is 66.5 Å². The van der Waals surface area contributed by atoms with Crippen LogP contribution in [0.15, 0.2) is 24.3 Å². The Bertz CT molecular complexity index is 530. The molecule has 3 heteroatoms. The van der Waals surface area contributed by atoms with Crippen LogP contribution in [0.5, 0.6) is 0 Å². The number of aliphatic hydroxyl groups excluding tert-OH is 2. The van der Waals surface area contributed by atoms with Gasteiger partial charge in [-0.15, -0.1) is 0 Å². The molecule has 0 saturated heterocycles. The SMILES string of the molecule is C[C@]12C=CC(O)CC1CC(O)[C@@H]1[C@H]2CC[C@]2(C)C(N)C=C[C@@H]12. The summed E-state index contributed by atoms with van der Waals surface area (Å²) in [6, 6.07) is 0.125. The van der Waals surface area contributed by atoms with E-state index in [1.807, 2.05) is 6.08 Å². The van der Waals surface area contributed by atoms with Gasteiger partial charge in [0, 0.05) is 6.04 Å². The van der Waals surface area contributed by atoms with Crippen LogP contribution in [0.4, 0.5) is 0 Å². The molecule has 3 nitrogen and oxygen atoms in total. The van der Waals surface area contributed by atoms with Crippen molar-refractivity contribution in [3.05, 3.63) is 24.3 Å². The molecule has 0 aromatic rings. The standard InChI is InChI=1S/C19H29NO2/c1-18-7-5-12(21)9-11(18)10-15(22)17-13-3-4-16(20)19(13,2)8-6-14(17)18/h3-5,7,11-17,21-22H,6,8-10,20H2,1-2H3/t11?,12?,13-,14+,15?,16?,17-,18-,19-/m0/s1. The zero-order valence-electron chi connectivity index (χ0n) is 13.7. The number of hydrogen-bond donors (Lipinski definition) is 3. The largest absolute Gasteiger partial charge is 0.393 e. The molecule has 0 aromatic carbocycles. The van der Waals surface area contributed by atoms with E-state index in [9.17, 15) is 10.2 Å². The molecule has 4 N–H and O–H groups in total. The van der Waals surface area contributed by atoms with Crippen molar-refractivity contribution in [1.29, 1.82) is 0 Å². The van der Waals surface area contributed by atoms with Crippen molar-refractivity contribution in [2.24, 2.45) is 40.2 Å². The van der Waals surface area contributed by atoms with Crippen LogP contribution in [-0.4, -0.2) is 28.5 Å². The Hall–Kier alpha value is -0.640. The summed E-state index contributed by atoms with van der Waals surface area (Å²) in [7, 11) is 0. The summed E-state index contributed by atoms with van der Waals surface area (Å²) in [5.41, 5.74) is 6.59. The van der Waals surface area contributed by atoms with Crippen LogP contribution < -0.4 is 5.73 Å². The second-order valence-corrected chi connectivity index (χ2v) is 8.69. The van der Waals surface area contributed by atoms with Crippen molar-refractivity contribution < 1.29 is 10.2 Å². The van der Waals surface area contributed by atoms with Crippen LogP contribution in [0.2, 0.25) is 0 Å². The highest BCUT2D eigenvalue weighted by Gasteiger charge is 2.60. The monoisotopic (exact) mass is 303 g/mol. The highest BCUT2D eigenvalue weighted by Crippen LogP contribution is 2.63. The smallest absolute Gasteiger partial charge is 0.0724 e. The first-order chi connectivity index (χ1) is 10.4. The summed E-state index contributed by atoms with van der Waals surface area (Å²) in [4.78, 5) is 0. The van der Waals surface area contributed by atoms with E-state index >= 15 is 0 Å². The van der Waals surface area contributed by atoms with E-state index in [1.165, 1.54) is 0 Å². The number of fused-ring (bicyclic) bond motifs is 5. The lowest BCUT2D eigenvalue weighted by Crippen LogP contribution is -2.58. The van der Waals surface area contributed by atoms with Gasteiger partial charge >= 0.3 is 0 Å². The van der Waals surface area contributed by atoms with Crippen molar-refractivity contribution in [3.63, 3.8) is 0 Å². The molecule has 0 amide bonds. The van der Waals surface area contributed by atoms with Gasteiger partial charge in [0.05, 0.1) is 12.2 Å². The molecule has 0 bridgehead atoms. The van der Waals surface area contributed by atoms with Crippen LogP contribution in [0, 0.1) is 34.5 Å². The first-order valence-electron chi connectivity index (χ1n) is 8.85. The maximum Gasteiger partial charge on any atom is 0.0724 e. The molecule has 4 aliphatic carbocycles. The number of hydrogen-bond acceptors (Lipinski definition) is 3. The Balaban J connectivity index is 1.73. The molecule has 4 rings (SSSR count). The number of allylic oxidation sites excluding steroid dienone is 2. The van der Waals surface area contributed by atoms with Crippen molar-refractivity contribution >= 4 is 0 Å². The molecular formula is C19H29NO2. The molecule has 4 aliphatic rings. The minimum atomic E-state index is -0.338. The van der Waals surface area contributed by atoms with E-state index in [0.29, 0.717) is 23.7 Å². The molecule has 2 saturated carbocycles. The highest BCUT2D eigenvalue weighted by molar-refractivity contribution is 5.24. The molecule has 0 spiro atoms. The molecule has 2 fully saturated rings. The highest BCUT2D eigenvalue weighted by atomic mass is 16.3. The van der Waals surface area contributed by atoms with Crippen LogP contribution in [0.1, 0.15) is 39.5 Å². The Kier molecular flexibility index (Phi) is 3.18. The molecule has 4 unspecified atom stereocenters. The fourth-order valence-corrected chi connectivity index (χ4v) is 6.25. The molecule has 22 heavy (non-hydrogen) atoms. The van der Waals surface area contributed by atoms with Crippen molar-refractivity contribution in [1.82, 2.24) is 0 Å². The summed E-state index contributed by atoms with van der Waals surface area (Å²) >= 11 is 0. The fraction of sp³-hybridized carbons (Fsp3) is 0.789. The van der Waals surface area contributed by atoms with E-state index in [1.54, 1.807) is 0 Å².